The molecule has 2 fully saturated rings. The van der Waals surface area contributed by atoms with Gasteiger partial charge in [0.15, 0.2) is 0 Å². The molecular weight excluding hydrogens is 140 g/mol. The molecule has 64 valence electrons. The zero-order valence-corrected chi connectivity index (χ0v) is 6.71. The predicted octanol–water partition coefficient (Wildman–Crippen LogP) is -0.409. The van der Waals surface area contributed by atoms with Crippen molar-refractivity contribution in [1.29, 1.82) is 0 Å². The van der Waals surface area contributed by atoms with Gasteiger partial charge in [-0.3, -0.25) is 0 Å². The minimum absolute atomic E-state index is 0.238. The van der Waals surface area contributed by atoms with Crippen LogP contribution in [0.2, 0.25) is 0 Å². The molecule has 2 aliphatic rings. The minimum Gasteiger partial charge on any atom is -0.388 e. The summed E-state index contributed by atoms with van der Waals surface area (Å²) in [6.45, 7) is 1.06. The van der Waals surface area contributed by atoms with Gasteiger partial charge in [0.05, 0.1) is 5.60 Å². The van der Waals surface area contributed by atoms with E-state index in [9.17, 15) is 5.11 Å². The van der Waals surface area contributed by atoms with Gasteiger partial charge >= 0.3 is 0 Å². The molecule has 1 saturated carbocycles. The highest BCUT2D eigenvalue weighted by Gasteiger charge is 2.47. The van der Waals surface area contributed by atoms with E-state index in [1.54, 1.807) is 0 Å². The molecule has 1 saturated heterocycles. The molecule has 0 bridgehead atoms. The number of rotatable bonds is 1. The number of hydrogen-bond acceptors (Lipinski definition) is 3. The van der Waals surface area contributed by atoms with Crippen molar-refractivity contribution < 1.29 is 5.11 Å². The van der Waals surface area contributed by atoms with Crippen molar-refractivity contribution in [3.8, 4) is 0 Å². The van der Waals surface area contributed by atoms with Gasteiger partial charge in [-0.15, -0.1) is 0 Å². The Morgan fingerprint density at radius 3 is 2.64 bits per heavy atom. The number of hydrogen-bond donors (Lipinski definition) is 3. The van der Waals surface area contributed by atoms with Gasteiger partial charge in [-0.25, -0.2) is 0 Å². The van der Waals surface area contributed by atoms with Crippen LogP contribution >= 0.6 is 0 Å². The molecule has 4 N–H and O–H groups in total. The molecule has 3 heteroatoms. The van der Waals surface area contributed by atoms with Crippen molar-refractivity contribution >= 4 is 0 Å². The van der Waals surface area contributed by atoms with Gasteiger partial charge in [0.2, 0.25) is 0 Å². The summed E-state index contributed by atoms with van der Waals surface area (Å²) in [7, 11) is 0. The monoisotopic (exact) mass is 156 g/mol. The van der Waals surface area contributed by atoms with E-state index in [4.69, 9.17) is 5.73 Å². The lowest BCUT2D eigenvalue weighted by molar-refractivity contribution is -0.0717. The summed E-state index contributed by atoms with van der Waals surface area (Å²) in [5, 5.41) is 13.3. The summed E-state index contributed by atoms with van der Waals surface area (Å²) in [6.07, 6.45) is 3.88. The van der Waals surface area contributed by atoms with Crippen LogP contribution in [0.15, 0.2) is 0 Å². The molecule has 1 atom stereocenters. The van der Waals surface area contributed by atoms with Crippen LogP contribution in [0.3, 0.4) is 0 Å². The Labute approximate surface area is 67.0 Å². The summed E-state index contributed by atoms with van der Waals surface area (Å²) < 4.78 is 0. The van der Waals surface area contributed by atoms with Crippen molar-refractivity contribution in [3.63, 3.8) is 0 Å². The van der Waals surface area contributed by atoms with Crippen LogP contribution in [-0.4, -0.2) is 29.3 Å². The first kappa shape index (κ1) is 7.53. The summed E-state index contributed by atoms with van der Waals surface area (Å²) in [4.78, 5) is 0. The van der Waals surface area contributed by atoms with Gasteiger partial charge in [0.25, 0.3) is 0 Å². The minimum atomic E-state index is -0.462. The van der Waals surface area contributed by atoms with E-state index < -0.39 is 5.60 Å². The average molecular weight is 156 g/mol. The molecule has 0 aromatic rings. The van der Waals surface area contributed by atoms with E-state index in [0.29, 0.717) is 6.04 Å². The lowest BCUT2D eigenvalue weighted by Crippen LogP contribution is -2.60. The standard InChI is InChI=1S/C8H16N2O/c9-6-4-8(11,5-6)7-2-1-3-10-7/h6-7,10-11H,1-5,9H2. The lowest BCUT2D eigenvalue weighted by Gasteiger charge is -2.45. The maximum absolute atomic E-state index is 9.94. The molecule has 0 spiro atoms. The maximum Gasteiger partial charge on any atom is 0.0829 e. The molecular formula is C8H16N2O. The van der Waals surface area contributed by atoms with E-state index in [2.05, 4.69) is 5.32 Å². The average Bonchev–Trinajstić information content (AvgIpc) is 2.34. The summed E-state index contributed by atoms with van der Waals surface area (Å²) in [6, 6.07) is 0.560. The third kappa shape index (κ3) is 1.17. The third-order valence-electron chi connectivity index (χ3n) is 2.94. The topological polar surface area (TPSA) is 58.3 Å². The Morgan fingerprint density at radius 2 is 2.18 bits per heavy atom. The first-order valence-electron chi connectivity index (χ1n) is 4.42. The van der Waals surface area contributed by atoms with Crippen LogP contribution in [0, 0.1) is 0 Å². The molecule has 0 aromatic carbocycles. The van der Waals surface area contributed by atoms with Crippen LogP contribution in [0.4, 0.5) is 0 Å². The van der Waals surface area contributed by atoms with Crippen LogP contribution in [-0.2, 0) is 0 Å². The number of nitrogens with two attached hydrogens (primary N) is 1. The van der Waals surface area contributed by atoms with Crippen molar-refractivity contribution in [2.45, 2.75) is 43.4 Å². The van der Waals surface area contributed by atoms with E-state index in [1.807, 2.05) is 0 Å². The molecule has 1 aliphatic carbocycles. The number of nitrogens with one attached hydrogen (secondary N) is 1. The lowest BCUT2D eigenvalue weighted by atomic mass is 9.71. The molecule has 1 heterocycles. The van der Waals surface area contributed by atoms with E-state index in [0.717, 1.165) is 25.8 Å². The maximum atomic E-state index is 9.94. The highest BCUT2D eigenvalue weighted by molar-refractivity contribution is 5.05. The van der Waals surface area contributed by atoms with Crippen molar-refractivity contribution in [1.82, 2.24) is 5.32 Å². The SMILES string of the molecule is NC1CC(O)(C2CCCN2)C1. The molecule has 0 amide bonds. The van der Waals surface area contributed by atoms with E-state index >= 15 is 0 Å². The van der Waals surface area contributed by atoms with E-state index in [-0.39, 0.29) is 6.04 Å². The van der Waals surface area contributed by atoms with Crippen molar-refractivity contribution in [2.24, 2.45) is 5.73 Å². The molecule has 0 radical (unpaired) electrons. The van der Waals surface area contributed by atoms with Gasteiger partial charge in [-0.2, -0.15) is 0 Å². The van der Waals surface area contributed by atoms with Gasteiger partial charge in [-0.05, 0) is 32.2 Å². The Kier molecular flexibility index (Phi) is 1.67. The highest BCUT2D eigenvalue weighted by atomic mass is 16.3. The summed E-state index contributed by atoms with van der Waals surface area (Å²) in [5.41, 5.74) is 5.17. The molecule has 1 unspecified atom stereocenters. The quantitative estimate of drug-likeness (QED) is 0.484. The smallest absolute Gasteiger partial charge is 0.0829 e. The first-order chi connectivity index (χ1) is 5.21. The van der Waals surface area contributed by atoms with Crippen LogP contribution in [0.1, 0.15) is 25.7 Å². The molecule has 3 nitrogen and oxygen atoms in total. The van der Waals surface area contributed by atoms with Crippen LogP contribution < -0.4 is 11.1 Å². The Bertz CT molecular complexity index is 148. The Balaban J connectivity index is 1.93. The first-order valence-corrected chi connectivity index (χ1v) is 4.42. The highest BCUT2D eigenvalue weighted by Crippen LogP contribution is 2.36. The number of aliphatic hydroxyl groups is 1. The van der Waals surface area contributed by atoms with Crippen LogP contribution in [0.25, 0.3) is 0 Å². The summed E-state index contributed by atoms with van der Waals surface area (Å²) >= 11 is 0. The van der Waals surface area contributed by atoms with Gasteiger partial charge in [-0.1, -0.05) is 0 Å². The second kappa shape index (κ2) is 2.44. The Hall–Kier alpha value is -0.120. The van der Waals surface area contributed by atoms with E-state index in [1.165, 1.54) is 6.42 Å². The van der Waals surface area contributed by atoms with Crippen molar-refractivity contribution in [3.05, 3.63) is 0 Å². The van der Waals surface area contributed by atoms with Crippen molar-refractivity contribution in [2.75, 3.05) is 6.54 Å². The fraction of sp³-hybridized carbons (Fsp3) is 1.00. The second-order valence-corrected chi connectivity index (χ2v) is 3.92. The largest absolute Gasteiger partial charge is 0.388 e. The molecule has 11 heavy (non-hydrogen) atoms. The molecule has 0 aromatic heterocycles. The molecule has 2 rings (SSSR count). The predicted molar refractivity (Wildman–Crippen MR) is 43.2 cm³/mol. The van der Waals surface area contributed by atoms with Crippen LogP contribution in [0.5, 0.6) is 0 Å². The van der Waals surface area contributed by atoms with Gasteiger partial charge in [0.1, 0.15) is 0 Å². The second-order valence-electron chi connectivity index (χ2n) is 3.92. The normalized spacial score (nSPS) is 50.7. The van der Waals surface area contributed by atoms with Gasteiger partial charge < -0.3 is 16.2 Å². The van der Waals surface area contributed by atoms with Gasteiger partial charge in [0, 0.05) is 12.1 Å². The summed E-state index contributed by atoms with van der Waals surface area (Å²) in [5.74, 6) is 0. The molecule has 1 aliphatic heterocycles. The zero-order chi connectivity index (χ0) is 7.90. The fourth-order valence-electron chi connectivity index (χ4n) is 2.28. The third-order valence-corrected chi connectivity index (χ3v) is 2.94. The zero-order valence-electron chi connectivity index (χ0n) is 6.71. The Morgan fingerprint density at radius 1 is 1.45 bits per heavy atom. The fourth-order valence-corrected chi connectivity index (χ4v) is 2.28.